The second-order valence-corrected chi connectivity index (χ2v) is 5.88. The van der Waals surface area contributed by atoms with E-state index in [1.807, 2.05) is 32.3 Å². The number of nitriles is 1. The van der Waals surface area contributed by atoms with Gasteiger partial charge in [-0.3, -0.25) is 4.79 Å². The molecule has 0 aliphatic carbocycles. The molecule has 3 aromatic rings. The van der Waals surface area contributed by atoms with Gasteiger partial charge < -0.3 is 15.1 Å². The first-order valence-electron chi connectivity index (χ1n) is 7.71. The fourth-order valence-electron chi connectivity index (χ4n) is 2.55. The van der Waals surface area contributed by atoms with Gasteiger partial charge in [-0.2, -0.15) is 5.26 Å². The zero-order valence-corrected chi connectivity index (χ0v) is 14.0. The molecule has 5 heteroatoms. The number of fused-ring (bicyclic) bond motifs is 1. The normalized spacial score (nSPS) is 11.3. The van der Waals surface area contributed by atoms with Gasteiger partial charge in [0.25, 0.3) is 5.91 Å². The van der Waals surface area contributed by atoms with E-state index in [0.29, 0.717) is 11.5 Å². The van der Waals surface area contributed by atoms with Gasteiger partial charge in [0.15, 0.2) is 0 Å². The van der Waals surface area contributed by atoms with Gasteiger partial charge in [0, 0.05) is 31.4 Å². The summed E-state index contributed by atoms with van der Waals surface area (Å²) in [6.45, 7) is 0. The summed E-state index contributed by atoms with van der Waals surface area (Å²) in [5.41, 5.74) is 7.05. The number of anilines is 1. The number of furan rings is 1. The zero-order chi connectivity index (χ0) is 18.0. The Hall–Kier alpha value is -3.52. The van der Waals surface area contributed by atoms with Crippen molar-refractivity contribution in [2.75, 3.05) is 19.0 Å². The van der Waals surface area contributed by atoms with Gasteiger partial charge >= 0.3 is 0 Å². The molecule has 0 spiro atoms. The van der Waals surface area contributed by atoms with Crippen molar-refractivity contribution in [3.63, 3.8) is 0 Å². The summed E-state index contributed by atoms with van der Waals surface area (Å²) >= 11 is 0. The maximum absolute atomic E-state index is 11.1. The third-order valence-electron chi connectivity index (χ3n) is 3.92. The highest BCUT2D eigenvalue weighted by atomic mass is 16.3. The van der Waals surface area contributed by atoms with Crippen LogP contribution in [0.15, 0.2) is 58.5 Å². The second-order valence-electron chi connectivity index (χ2n) is 5.88. The molecule has 25 heavy (non-hydrogen) atoms. The van der Waals surface area contributed by atoms with E-state index in [1.54, 1.807) is 18.2 Å². The molecule has 0 aliphatic rings. The minimum Gasteiger partial charge on any atom is -0.457 e. The van der Waals surface area contributed by atoms with Crippen LogP contribution in [0.4, 0.5) is 5.69 Å². The molecule has 2 aromatic carbocycles. The van der Waals surface area contributed by atoms with Gasteiger partial charge in [-0.15, -0.1) is 0 Å². The number of carbonyl (C=O) groups is 1. The third-order valence-corrected chi connectivity index (χ3v) is 3.92. The Balaban J connectivity index is 1.96. The van der Waals surface area contributed by atoms with E-state index >= 15 is 0 Å². The summed E-state index contributed by atoms with van der Waals surface area (Å²) in [4.78, 5) is 13.2. The molecule has 0 saturated heterocycles. The number of amides is 1. The number of rotatable bonds is 4. The van der Waals surface area contributed by atoms with Crippen LogP contribution in [0, 0.1) is 11.3 Å². The molecule has 2 N–H and O–H groups in total. The molecule has 1 amide bonds. The van der Waals surface area contributed by atoms with E-state index in [2.05, 4.69) is 23.1 Å². The number of benzene rings is 2. The van der Waals surface area contributed by atoms with Crippen LogP contribution in [0.2, 0.25) is 0 Å². The van der Waals surface area contributed by atoms with Crippen molar-refractivity contribution in [1.29, 1.82) is 5.26 Å². The average Bonchev–Trinajstić information content (AvgIpc) is 3.07. The highest BCUT2D eigenvalue weighted by molar-refractivity contribution is 6.00. The summed E-state index contributed by atoms with van der Waals surface area (Å²) in [7, 11) is 4.02. The predicted octanol–water partition coefficient (Wildman–Crippen LogP) is 3.56. The first-order chi connectivity index (χ1) is 12.0. The van der Waals surface area contributed by atoms with E-state index in [9.17, 15) is 4.79 Å². The minimum atomic E-state index is -0.775. The SMILES string of the molecule is CN(C)c1ccc2cc(-c3ccc(C=C(C#N)C(N)=O)o3)ccc2c1. The Bertz CT molecular complexity index is 1020. The zero-order valence-electron chi connectivity index (χ0n) is 14.0. The number of hydrogen-bond donors (Lipinski definition) is 1. The van der Waals surface area contributed by atoms with Crippen LogP contribution in [0.1, 0.15) is 5.76 Å². The lowest BCUT2D eigenvalue weighted by Gasteiger charge is -2.13. The van der Waals surface area contributed by atoms with Gasteiger partial charge in [0.2, 0.25) is 0 Å². The van der Waals surface area contributed by atoms with E-state index in [0.717, 1.165) is 22.0 Å². The molecular formula is C20H17N3O2. The lowest BCUT2D eigenvalue weighted by Crippen LogP contribution is -2.12. The fraction of sp³-hybridized carbons (Fsp3) is 0.100. The highest BCUT2D eigenvalue weighted by Gasteiger charge is 2.08. The van der Waals surface area contributed by atoms with Gasteiger partial charge in [0.1, 0.15) is 23.2 Å². The van der Waals surface area contributed by atoms with Gasteiger partial charge in [-0.25, -0.2) is 0 Å². The van der Waals surface area contributed by atoms with Crippen molar-refractivity contribution < 1.29 is 9.21 Å². The Morgan fingerprint density at radius 2 is 1.84 bits per heavy atom. The van der Waals surface area contributed by atoms with Crippen LogP contribution in [0.5, 0.6) is 0 Å². The lowest BCUT2D eigenvalue weighted by molar-refractivity contribution is -0.114. The maximum atomic E-state index is 11.1. The van der Waals surface area contributed by atoms with Crippen LogP contribution < -0.4 is 10.6 Å². The van der Waals surface area contributed by atoms with Gasteiger partial charge in [-0.05, 0) is 41.1 Å². The maximum Gasteiger partial charge on any atom is 0.259 e. The standard InChI is InChI=1S/C20H17N3O2/c1-23(2)17-6-5-13-9-15(4-3-14(13)10-17)19-8-7-18(25-19)11-16(12-21)20(22)24/h3-11H,1-2H3,(H2,22,24). The Kier molecular flexibility index (Phi) is 4.27. The monoisotopic (exact) mass is 331 g/mol. The van der Waals surface area contributed by atoms with Crippen molar-refractivity contribution >= 4 is 28.4 Å². The first-order valence-corrected chi connectivity index (χ1v) is 7.71. The smallest absolute Gasteiger partial charge is 0.259 e. The molecule has 0 unspecified atom stereocenters. The van der Waals surface area contributed by atoms with Crippen LogP contribution in [-0.2, 0) is 4.79 Å². The Morgan fingerprint density at radius 3 is 2.52 bits per heavy atom. The Labute approximate surface area is 145 Å². The first kappa shape index (κ1) is 16.3. The molecule has 0 aliphatic heterocycles. The molecular weight excluding hydrogens is 314 g/mol. The molecule has 0 atom stereocenters. The summed E-state index contributed by atoms with van der Waals surface area (Å²) in [6, 6.07) is 17.6. The molecule has 124 valence electrons. The van der Waals surface area contributed by atoms with Gasteiger partial charge in [0.05, 0.1) is 0 Å². The van der Waals surface area contributed by atoms with Crippen molar-refractivity contribution in [3.05, 3.63) is 59.9 Å². The number of primary amides is 1. The largest absolute Gasteiger partial charge is 0.457 e. The van der Waals surface area contributed by atoms with E-state index in [-0.39, 0.29) is 5.57 Å². The van der Waals surface area contributed by atoms with Crippen LogP contribution in [0.3, 0.4) is 0 Å². The molecule has 5 nitrogen and oxygen atoms in total. The lowest BCUT2D eigenvalue weighted by atomic mass is 10.0. The van der Waals surface area contributed by atoms with Crippen LogP contribution in [0.25, 0.3) is 28.2 Å². The topological polar surface area (TPSA) is 83.3 Å². The molecule has 0 fully saturated rings. The van der Waals surface area contributed by atoms with Crippen molar-refractivity contribution in [1.82, 2.24) is 0 Å². The van der Waals surface area contributed by atoms with Crippen LogP contribution in [-0.4, -0.2) is 20.0 Å². The summed E-state index contributed by atoms with van der Waals surface area (Å²) in [6.07, 6.45) is 1.34. The number of nitrogens with two attached hydrogens (primary N) is 1. The summed E-state index contributed by atoms with van der Waals surface area (Å²) < 4.78 is 5.72. The van der Waals surface area contributed by atoms with Crippen molar-refractivity contribution in [2.24, 2.45) is 5.73 Å². The van der Waals surface area contributed by atoms with E-state index in [1.165, 1.54) is 6.08 Å². The molecule has 0 saturated carbocycles. The quantitative estimate of drug-likeness (QED) is 0.585. The Morgan fingerprint density at radius 1 is 1.12 bits per heavy atom. The second kappa shape index (κ2) is 6.54. The van der Waals surface area contributed by atoms with Crippen molar-refractivity contribution in [2.45, 2.75) is 0 Å². The molecule has 1 aromatic heterocycles. The molecule has 1 heterocycles. The fourth-order valence-corrected chi connectivity index (χ4v) is 2.55. The molecule has 0 bridgehead atoms. The highest BCUT2D eigenvalue weighted by Crippen LogP contribution is 2.28. The number of nitrogens with zero attached hydrogens (tertiary/aromatic N) is 2. The number of carbonyl (C=O) groups excluding carboxylic acids is 1. The summed E-state index contributed by atoms with van der Waals surface area (Å²) in [5.74, 6) is 0.294. The van der Waals surface area contributed by atoms with Gasteiger partial charge in [-0.1, -0.05) is 18.2 Å². The summed E-state index contributed by atoms with van der Waals surface area (Å²) in [5, 5.41) is 11.1. The third kappa shape index (κ3) is 3.38. The predicted molar refractivity (Wildman–Crippen MR) is 98.8 cm³/mol. The minimum absolute atomic E-state index is 0.143. The van der Waals surface area contributed by atoms with Crippen molar-refractivity contribution in [3.8, 4) is 17.4 Å². The molecule has 3 rings (SSSR count). The van der Waals surface area contributed by atoms with E-state index < -0.39 is 5.91 Å². The van der Waals surface area contributed by atoms with E-state index in [4.69, 9.17) is 15.4 Å². The van der Waals surface area contributed by atoms with Crippen LogP contribution >= 0.6 is 0 Å². The average molecular weight is 331 g/mol. The molecule has 0 radical (unpaired) electrons. The number of hydrogen-bond acceptors (Lipinski definition) is 4.